The molecule has 3 rings (SSSR count). The molecule has 0 saturated carbocycles. The van der Waals surface area contributed by atoms with E-state index >= 15 is 0 Å². The number of thioether (sulfide) groups is 1. The standard InChI is InChI=1S/C17H18N4OS2/c1-12(22)18-10-14-7-8-16(24-14)15-11-23-17(21-20-15)19-9-13-5-3-2-4-6-13/h2-8H,9-11H2,1H3,(H,18,22)(H,19,21). The molecule has 5 nitrogen and oxygen atoms in total. The Bertz CT molecular complexity index is 768. The van der Waals surface area contributed by atoms with Crippen LogP contribution in [0, 0.1) is 0 Å². The summed E-state index contributed by atoms with van der Waals surface area (Å²) in [4.78, 5) is 17.8. The molecule has 0 atom stereocenters. The van der Waals surface area contributed by atoms with Crippen molar-refractivity contribution >= 4 is 39.9 Å². The van der Waals surface area contributed by atoms with Gasteiger partial charge in [-0.25, -0.2) is 0 Å². The van der Waals surface area contributed by atoms with Gasteiger partial charge in [-0.15, -0.1) is 11.3 Å². The molecule has 1 aromatic carbocycles. The number of hydrogen-bond donors (Lipinski definition) is 2. The first-order chi connectivity index (χ1) is 11.7. The van der Waals surface area contributed by atoms with E-state index in [4.69, 9.17) is 0 Å². The number of benzene rings is 1. The van der Waals surface area contributed by atoms with Crippen LogP contribution in [0.15, 0.2) is 52.6 Å². The quantitative estimate of drug-likeness (QED) is 0.863. The van der Waals surface area contributed by atoms with Crippen molar-refractivity contribution in [1.29, 1.82) is 0 Å². The summed E-state index contributed by atoms with van der Waals surface area (Å²) < 4.78 is 0. The molecular formula is C17H18N4OS2. The van der Waals surface area contributed by atoms with Crippen LogP contribution < -0.4 is 10.7 Å². The molecule has 2 aromatic rings. The van der Waals surface area contributed by atoms with Crippen molar-refractivity contribution in [3.05, 3.63) is 57.8 Å². The van der Waals surface area contributed by atoms with Gasteiger partial charge in [0, 0.05) is 17.6 Å². The third-order valence-electron chi connectivity index (χ3n) is 3.34. The Labute approximate surface area is 149 Å². The molecule has 0 radical (unpaired) electrons. The normalized spacial score (nSPS) is 15.7. The van der Waals surface area contributed by atoms with Gasteiger partial charge in [-0.05, 0) is 17.7 Å². The maximum absolute atomic E-state index is 11.0. The lowest BCUT2D eigenvalue weighted by Gasteiger charge is -2.13. The van der Waals surface area contributed by atoms with E-state index in [1.807, 2.05) is 24.3 Å². The second-order valence-electron chi connectivity index (χ2n) is 5.24. The average molecular weight is 358 g/mol. The van der Waals surface area contributed by atoms with Crippen LogP contribution in [0.3, 0.4) is 0 Å². The van der Waals surface area contributed by atoms with Gasteiger partial charge in [-0.2, -0.15) is 5.10 Å². The molecule has 0 unspecified atom stereocenters. The molecule has 0 spiro atoms. The Hall–Kier alpha value is -2.12. The molecule has 1 amide bonds. The minimum Gasteiger partial charge on any atom is -0.351 e. The lowest BCUT2D eigenvalue weighted by molar-refractivity contribution is -0.119. The molecule has 0 aliphatic carbocycles. The monoisotopic (exact) mass is 358 g/mol. The van der Waals surface area contributed by atoms with Crippen LogP contribution in [0.2, 0.25) is 0 Å². The van der Waals surface area contributed by atoms with Crippen molar-refractivity contribution in [3.8, 4) is 0 Å². The summed E-state index contributed by atoms with van der Waals surface area (Å²) in [6.07, 6.45) is 0. The van der Waals surface area contributed by atoms with Gasteiger partial charge in [0.15, 0.2) is 5.17 Å². The van der Waals surface area contributed by atoms with E-state index in [9.17, 15) is 4.79 Å². The van der Waals surface area contributed by atoms with Gasteiger partial charge in [-0.3, -0.25) is 15.2 Å². The summed E-state index contributed by atoms with van der Waals surface area (Å²) in [6, 6.07) is 14.2. The fourth-order valence-electron chi connectivity index (χ4n) is 2.11. The van der Waals surface area contributed by atoms with Crippen LogP contribution in [0.1, 0.15) is 22.2 Å². The molecule has 1 aromatic heterocycles. The minimum absolute atomic E-state index is 0.0172. The minimum atomic E-state index is -0.0172. The van der Waals surface area contributed by atoms with Crippen LogP contribution in [-0.4, -0.2) is 22.5 Å². The predicted molar refractivity (Wildman–Crippen MR) is 102 cm³/mol. The Morgan fingerprint density at radius 1 is 1.29 bits per heavy atom. The number of hydrogen-bond acceptors (Lipinski definition) is 5. The summed E-state index contributed by atoms with van der Waals surface area (Å²) in [7, 11) is 0. The highest BCUT2D eigenvalue weighted by molar-refractivity contribution is 8.14. The lowest BCUT2D eigenvalue weighted by Crippen LogP contribution is -2.25. The fraction of sp³-hybridized carbons (Fsp3) is 0.235. The van der Waals surface area contributed by atoms with Crippen molar-refractivity contribution in [2.45, 2.75) is 20.0 Å². The Morgan fingerprint density at radius 3 is 2.83 bits per heavy atom. The number of thiophene rings is 1. The van der Waals surface area contributed by atoms with E-state index in [2.05, 4.69) is 39.0 Å². The summed E-state index contributed by atoms with van der Waals surface area (Å²) in [6.45, 7) is 2.75. The number of hydrazone groups is 1. The second-order valence-corrected chi connectivity index (χ2v) is 7.37. The lowest BCUT2D eigenvalue weighted by atomic mass is 10.2. The first kappa shape index (κ1) is 16.7. The molecule has 2 N–H and O–H groups in total. The molecule has 1 aliphatic rings. The van der Waals surface area contributed by atoms with Crippen molar-refractivity contribution in [2.24, 2.45) is 10.1 Å². The molecule has 2 heterocycles. The molecule has 0 fully saturated rings. The zero-order chi connectivity index (χ0) is 16.8. The van der Waals surface area contributed by atoms with Gasteiger partial charge >= 0.3 is 0 Å². The Kier molecular flexibility index (Phi) is 5.66. The molecule has 7 heteroatoms. The van der Waals surface area contributed by atoms with Crippen molar-refractivity contribution in [2.75, 3.05) is 5.75 Å². The fourth-order valence-corrected chi connectivity index (χ4v) is 3.90. The van der Waals surface area contributed by atoms with Gasteiger partial charge < -0.3 is 5.32 Å². The van der Waals surface area contributed by atoms with Crippen LogP contribution in [0.25, 0.3) is 0 Å². The van der Waals surface area contributed by atoms with Gasteiger partial charge in [0.25, 0.3) is 0 Å². The number of aliphatic imine (C=N–C) groups is 1. The molecular weight excluding hydrogens is 340 g/mol. The molecule has 124 valence electrons. The number of nitrogens with one attached hydrogen (secondary N) is 2. The number of rotatable bonds is 5. The number of nitrogens with zero attached hydrogens (tertiary/aromatic N) is 2. The van der Waals surface area contributed by atoms with Crippen LogP contribution >= 0.6 is 23.1 Å². The zero-order valence-corrected chi connectivity index (χ0v) is 14.9. The topological polar surface area (TPSA) is 65.8 Å². The maximum atomic E-state index is 11.0. The van der Waals surface area contributed by atoms with E-state index in [-0.39, 0.29) is 5.91 Å². The Balaban J connectivity index is 1.58. The first-order valence-corrected chi connectivity index (χ1v) is 9.38. The van der Waals surface area contributed by atoms with Crippen molar-refractivity contribution in [3.63, 3.8) is 0 Å². The van der Waals surface area contributed by atoms with Gasteiger partial charge in [0.2, 0.25) is 5.91 Å². The van der Waals surface area contributed by atoms with Crippen LogP contribution in [0.4, 0.5) is 0 Å². The highest BCUT2D eigenvalue weighted by atomic mass is 32.2. The zero-order valence-electron chi connectivity index (χ0n) is 13.3. The average Bonchev–Trinajstić information content (AvgIpc) is 3.08. The SMILES string of the molecule is CC(=O)NCc1ccc(C2=NNC(=NCc3ccccc3)SC2)s1. The molecule has 1 aliphatic heterocycles. The Morgan fingerprint density at radius 2 is 2.12 bits per heavy atom. The van der Waals surface area contributed by atoms with Crippen molar-refractivity contribution in [1.82, 2.24) is 10.7 Å². The van der Waals surface area contributed by atoms with Crippen LogP contribution in [0.5, 0.6) is 0 Å². The van der Waals surface area contributed by atoms with Gasteiger partial charge in [-0.1, -0.05) is 42.1 Å². The highest BCUT2D eigenvalue weighted by Crippen LogP contribution is 2.21. The number of carbonyl (C=O) groups excluding carboxylic acids is 1. The third kappa shape index (κ3) is 4.69. The largest absolute Gasteiger partial charge is 0.351 e. The summed E-state index contributed by atoms with van der Waals surface area (Å²) >= 11 is 3.31. The van der Waals surface area contributed by atoms with E-state index < -0.39 is 0 Å². The van der Waals surface area contributed by atoms with E-state index in [1.165, 1.54) is 12.5 Å². The molecule has 0 saturated heterocycles. The summed E-state index contributed by atoms with van der Waals surface area (Å²) in [5, 5.41) is 8.09. The number of amidine groups is 1. The third-order valence-corrected chi connectivity index (χ3v) is 5.38. The number of amides is 1. The smallest absolute Gasteiger partial charge is 0.217 e. The summed E-state index contributed by atoms with van der Waals surface area (Å²) in [5.74, 6) is 0.775. The second kappa shape index (κ2) is 8.12. The van der Waals surface area contributed by atoms with Gasteiger partial charge in [0.05, 0.1) is 23.7 Å². The first-order valence-electron chi connectivity index (χ1n) is 7.58. The molecule has 0 bridgehead atoms. The highest BCUT2D eigenvalue weighted by Gasteiger charge is 2.14. The van der Waals surface area contributed by atoms with Gasteiger partial charge in [0.1, 0.15) is 0 Å². The van der Waals surface area contributed by atoms with E-state index in [0.717, 1.165) is 26.4 Å². The maximum Gasteiger partial charge on any atom is 0.217 e. The van der Waals surface area contributed by atoms with Crippen molar-refractivity contribution < 1.29 is 4.79 Å². The summed E-state index contributed by atoms with van der Waals surface area (Å²) in [5.41, 5.74) is 5.23. The predicted octanol–water partition coefficient (Wildman–Crippen LogP) is 2.98. The van der Waals surface area contributed by atoms with E-state index in [0.29, 0.717) is 13.1 Å². The van der Waals surface area contributed by atoms with E-state index in [1.54, 1.807) is 23.1 Å². The van der Waals surface area contributed by atoms with Crippen LogP contribution in [-0.2, 0) is 17.9 Å². The number of carbonyl (C=O) groups is 1. The molecule has 24 heavy (non-hydrogen) atoms.